The number of rotatable bonds is 6. The van der Waals surface area contributed by atoms with Gasteiger partial charge in [0.15, 0.2) is 0 Å². The fraction of sp³-hybridized carbons (Fsp3) is 0.263. The standard InChI is InChI=1S/C19H24N2O3Si/c1-19(14-24-25,20(2)17(22)15-10-6-4-7-11-15)21(3)18(23)16-12-8-5-9-13-16/h4-13H,14H2,1-3,25H3. The van der Waals surface area contributed by atoms with E-state index in [0.29, 0.717) is 21.6 Å². The summed E-state index contributed by atoms with van der Waals surface area (Å²) in [6.07, 6.45) is 0. The van der Waals surface area contributed by atoms with Crippen molar-refractivity contribution in [1.29, 1.82) is 0 Å². The van der Waals surface area contributed by atoms with Crippen molar-refractivity contribution in [2.75, 3.05) is 20.7 Å². The van der Waals surface area contributed by atoms with E-state index in [1.165, 1.54) is 0 Å². The molecule has 0 heterocycles. The number of hydrogen-bond acceptors (Lipinski definition) is 3. The highest BCUT2D eigenvalue weighted by atomic mass is 28.2. The molecule has 0 aliphatic rings. The van der Waals surface area contributed by atoms with Crippen molar-refractivity contribution in [3.8, 4) is 0 Å². The molecule has 0 fully saturated rings. The van der Waals surface area contributed by atoms with Crippen molar-refractivity contribution >= 4 is 22.3 Å². The monoisotopic (exact) mass is 356 g/mol. The first-order chi connectivity index (χ1) is 11.9. The molecular weight excluding hydrogens is 332 g/mol. The topological polar surface area (TPSA) is 49.9 Å². The molecule has 2 aromatic rings. The molecule has 0 atom stereocenters. The van der Waals surface area contributed by atoms with Crippen molar-refractivity contribution in [2.45, 2.75) is 12.6 Å². The normalized spacial score (nSPS) is 11.2. The van der Waals surface area contributed by atoms with Gasteiger partial charge in [0.25, 0.3) is 11.8 Å². The van der Waals surface area contributed by atoms with Gasteiger partial charge in [-0.15, -0.1) is 0 Å². The van der Waals surface area contributed by atoms with Crippen LogP contribution in [0.5, 0.6) is 0 Å². The van der Waals surface area contributed by atoms with Gasteiger partial charge in [0.05, 0.1) is 6.61 Å². The maximum absolute atomic E-state index is 12.9. The highest BCUT2D eigenvalue weighted by Gasteiger charge is 2.39. The molecule has 0 saturated heterocycles. The molecule has 0 N–H and O–H groups in total. The van der Waals surface area contributed by atoms with Gasteiger partial charge in [-0.25, -0.2) is 0 Å². The van der Waals surface area contributed by atoms with Crippen LogP contribution in [0.3, 0.4) is 0 Å². The summed E-state index contributed by atoms with van der Waals surface area (Å²) in [6, 6.07) is 18.1. The SMILES string of the molecule is CN(C(=O)c1ccccc1)C(C)(CO[SiH3])N(C)C(=O)c1ccccc1. The molecule has 0 spiro atoms. The summed E-state index contributed by atoms with van der Waals surface area (Å²) in [5.41, 5.74) is 0.247. The Bertz CT molecular complexity index is 664. The lowest BCUT2D eigenvalue weighted by molar-refractivity contribution is -0.0222. The molecule has 0 saturated carbocycles. The fourth-order valence-electron chi connectivity index (χ4n) is 2.68. The minimum absolute atomic E-state index is 0.158. The van der Waals surface area contributed by atoms with Crippen molar-refractivity contribution in [3.63, 3.8) is 0 Å². The lowest BCUT2D eigenvalue weighted by atomic mass is 10.1. The third kappa shape index (κ3) is 3.97. The Morgan fingerprint density at radius 2 is 1.24 bits per heavy atom. The van der Waals surface area contributed by atoms with Crippen LogP contribution in [0.1, 0.15) is 27.6 Å². The van der Waals surface area contributed by atoms with E-state index >= 15 is 0 Å². The number of carbonyl (C=O) groups is 2. The third-order valence-corrected chi connectivity index (χ3v) is 4.80. The van der Waals surface area contributed by atoms with Crippen LogP contribution in [0.25, 0.3) is 0 Å². The number of likely N-dealkylation sites (N-methyl/N-ethyl adjacent to an activating group) is 2. The number of amides is 2. The van der Waals surface area contributed by atoms with Crippen molar-refractivity contribution < 1.29 is 14.0 Å². The number of carbonyl (C=O) groups excluding carboxylic acids is 2. The van der Waals surface area contributed by atoms with Gasteiger partial charge in [0, 0.05) is 25.2 Å². The zero-order valence-corrected chi connectivity index (χ0v) is 17.1. The molecule has 0 aliphatic heterocycles. The van der Waals surface area contributed by atoms with E-state index in [4.69, 9.17) is 4.43 Å². The van der Waals surface area contributed by atoms with Crippen LogP contribution in [0.4, 0.5) is 0 Å². The molecule has 132 valence electrons. The minimum atomic E-state index is -0.901. The van der Waals surface area contributed by atoms with Gasteiger partial charge in [0.2, 0.25) is 0 Å². The maximum atomic E-state index is 12.9. The molecule has 2 amide bonds. The lowest BCUT2D eigenvalue weighted by Gasteiger charge is -2.45. The third-order valence-electron chi connectivity index (χ3n) is 4.51. The van der Waals surface area contributed by atoms with Gasteiger partial charge in [-0.05, 0) is 31.2 Å². The minimum Gasteiger partial charge on any atom is -0.424 e. The number of nitrogens with zero attached hydrogens (tertiary/aromatic N) is 2. The second kappa shape index (κ2) is 8.09. The summed E-state index contributed by atoms with van der Waals surface area (Å²) in [6.45, 7) is 2.09. The Balaban J connectivity index is 2.33. The van der Waals surface area contributed by atoms with E-state index in [0.717, 1.165) is 0 Å². The Kier molecular flexibility index (Phi) is 6.11. The maximum Gasteiger partial charge on any atom is 0.255 e. The molecule has 0 aliphatic carbocycles. The van der Waals surface area contributed by atoms with E-state index in [1.807, 2.05) is 43.3 Å². The van der Waals surface area contributed by atoms with E-state index in [2.05, 4.69) is 0 Å². The molecule has 2 aromatic carbocycles. The first-order valence-corrected chi connectivity index (χ1v) is 8.89. The van der Waals surface area contributed by atoms with Gasteiger partial charge < -0.3 is 14.2 Å². The van der Waals surface area contributed by atoms with Crippen molar-refractivity contribution in [3.05, 3.63) is 71.8 Å². The molecule has 5 nitrogen and oxygen atoms in total. The summed E-state index contributed by atoms with van der Waals surface area (Å²) in [7, 11) is 3.92. The second-order valence-corrected chi connectivity index (χ2v) is 6.69. The molecule has 0 radical (unpaired) electrons. The Labute approximate surface area is 151 Å². The zero-order valence-electron chi connectivity index (χ0n) is 15.1. The fourth-order valence-corrected chi connectivity index (χ4v) is 3.23. The summed E-state index contributed by atoms with van der Waals surface area (Å²) in [5.74, 6) is -0.316. The van der Waals surface area contributed by atoms with Crippen molar-refractivity contribution in [1.82, 2.24) is 9.80 Å². The van der Waals surface area contributed by atoms with Crippen LogP contribution >= 0.6 is 0 Å². The van der Waals surface area contributed by atoms with Crippen LogP contribution in [-0.4, -0.2) is 58.5 Å². The van der Waals surface area contributed by atoms with E-state index in [9.17, 15) is 9.59 Å². The molecule has 6 heteroatoms. The van der Waals surface area contributed by atoms with Crippen LogP contribution in [0.15, 0.2) is 60.7 Å². The molecule has 0 unspecified atom stereocenters. The largest absolute Gasteiger partial charge is 0.424 e. The van der Waals surface area contributed by atoms with Gasteiger partial charge in [-0.2, -0.15) is 0 Å². The smallest absolute Gasteiger partial charge is 0.255 e. The van der Waals surface area contributed by atoms with Crippen LogP contribution in [0.2, 0.25) is 0 Å². The Morgan fingerprint density at radius 1 is 0.880 bits per heavy atom. The molecule has 0 aromatic heterocycles. The number of hydrogen-bond donors (Lipinski definition) is 0. The first-order valence-electron chi connectivity index (χ1n) is 8.07. The quantitative estimate of drug-likeness (QED) is 0.583. The number of benzene rings is 2. The Hall–Kier alpha value is -2.44. The zero-order chi connectivity index (χ0) is 18.4. The van der Waals surface area contributed by atoms with Gasteiger partial charge in [0.1, 0.15) is 16.1 Å². The van der Waals surface area contributed by atoms with E-state index < -0.39 is 5.66 Å². The summed E-state index contributed by atoms with van der Waals surface area (Å²) >= 11 is 0. The Morgan fingerprint density at radius 3 is 1.56 bits per heavy atom. The molecule has 2 rings (SSSR count). The second-order valence-electron chi connectivity index (χ2n) is 6.11. The molecular formula is C19H24N2O3Si. The van der Waals surface area contributed by atoms with Crippen LogP contribution in [0, 0.1) is 0 Å². The van der Waals surface area contributed by atoms with Crippen LogP contribution in [-0.2, 0) is 4.43 Å². The van der Waals surface area contributed by atoms with Gasteiger partial charge >= 0.3 is 0 Å². The highest BCUT2D eigenvalue weighted by molar-refractivity contribution is 5.98. The highest BCUT2D eigenvalue weighted by Crippen LogP contribution is 2.23. The van der Waals surface area contributed by atoms with Crippen LogP contribution < -0.4 is 0 Å². The lowest BCUT2D eigenvalue weighted by Crippen LogP contribution is -2.62. The first kappa shape index (κ1) is 18.9. The molecule has 25 heavy (non-hydrogen) atoms. The predicted molar refractivity (Wildman–Crippen MR) is 101 cm³/mol. The predicted octanol–water partition coefficient (Wildman–Crippen LogP) is 1.54. The summed E-state index contributed by atoms with van der Waals surface area (Å²) in [5, 5.41) is 0. The summed E-state index contributed by atoms with van der Waals surface area (Å²) in [4.78, 5) is 28.9. The van der Waals surface area contributed by atoms with Gasteiger partial charge in [-0.3, -0.25) is 9.59 Å². The van der Waals surface area contributed by atoms with Gasteiger partial charge in [-0.1, -0.05) is 36.4 Å². The average Bonchev–Trinajstić information content (AvgIpc) is 2.67. The summed E-state index contributed by atoms with van der Waals surface area (Å²) < 4.78 is 5.47. The van der Waals surface area contributed by atoms with E-state index in [1.54, 1.807) is 48.2 Å². The van der Waals surface area contributed by atoms with E-state index in [-0.39, 0.29) is 18.4 Å². The van der Waals surface area contributed by atoms with Crippen molar-refractivity contribution in [2.24, 2.45) is 0 Å². The average molecular weight is 356 g/mol. The molecule has 0 bridgehead atoms.